The van der Waals surface area contributed by atoms with Crippen molar-refractivity contribution in [2.45, 2.75) is 32.5 Å². The van der Waals surface area contributed by atoms with E-state index < -0.39 is 11.7 Å². The number of hydrogen-bond donors (Lipinski definition) is 1. The van der Waals surface area contributed by atoms with Gasteiger partial charge in [-0.25, -0.2) is 4.68 Å². The van der Waals surface area contributed by atoms with Crippen molar-refractivity contribution < 1.29 is 18.3 Å². The third-order valence-corrected chi connectivity index (χ3v) is 2.98. The molecule has 0 aliphatic carbocycles. The second-order valence-corrected chi connectivity index (χ2v) is 4.80. The first kappa shape index (κ1) is 14.6. The van der Waals surface area contributed by atoms with Gasteiger partial charge in [0.05, 0.1) is 23.6 Å². The van der Waals surface area contributed by atoms with Crippen LogP contribution in [0.5, 0.6) is 0 Å². The van der Waals surface area contributed by atoms with Crippen LogP contribution < -0.4 is 0 Å². The molecule has 1 aromatic heterocycles. The Kier molecular flexibility index (Phi) is 3.85. The molecule has 1 N–H and O–H groups in total. The number of hydrogen-bond acceptors (Lipinski definition) is 2. The van der Waals surface area contributed by atoms with Crippen molar-refractivity contribution in [3.8, 4) is 5.69 Å². The SMILES string of the molecule is CC(C)c1cc(CO)nn1-c1ccccc1C(F)(F)F. The Morgan fingerprint density at radius 3 is 2.45 bits per heavy atom. The third kappa shape index (κ3) is 2.70. The quantitative estimate of drug-likeness (QED) is 0.936. The van der Waals surface area contributed by atoms with Crippen LogP contribution in [-0.2, 0) is 12.8 Å². The van der Waals surface area contributed by atoms with Crippen molar-refractivity contribution in [2.24, 2.45) is 0 Å². The van der Waals surface area contributed by atoms with Crippen LogP contribution in [0.1, 0.15) is 36.7 Å². The van der Waals surface area contributed by atoms with Crippen molar-refractivity contribution in [1.29, 1.82) is 0 Å². The Morgan fingerprint density at radius 2 is 1.90 bits per heavy atom. The summed E-state index contributed by atoms with van der Waals surface area (Å²) < 4.78 is 40.5. The molecule has 0 bridgehead atoms. The zero-order valence-electron chi connectivity index (χ0n) is 11.1. The summed E-state index contributed by atoms with van der Waals surface area (Å²) in [6.45, 7) is 3.43. The van der Waals surface area contributed by atoms with Gasteiger partial charge in [-0.1, -0.05) is 26.0 Å². The largest absolute Gasteiger partial charge is 0.418 e. The highest BCUT2D eigenvalue weighted by molar-refractivity contribution is 5.44. The van der Waals surface area contributed by atoms with Crippen LogP contribution in [0.4, 0.5) is 13.2 Å². The molecule has 108 valence electrons. The van der Waals surface area contributed by atoms with Crippen LogP contribution in [0.3, 0.4) is 0 Å². The van der Waals surface area contributed by atoms with Gasteiger partial charge in [-0.3, -0.25) is 0 Å². The molecule has 0 amide bonds. The molecule has 2 rings (SSSR count). The highest BCUT2D eigenvalue weighted by Crippen LogP contribution is 2.34. The summed E-state index contributed by atoms with van der Waals surface area (Å²) in [5, 5.41) is 13.2. The molecule has 0 atom stereocenters. The van der Waals surface area contributed by atoms with Gasteiger partial charge in [0.2, 0.25) is 0 Å². The Hall–Kier alpha value is -1.82. The Labute approximate surface area is 114 Å². The molecule has 0 aliphatic rings. The maximum atomic E-state index is 13.1. The van der Waals surface area contributed by atoms with E-state index in [1.165, 1.54) is 22.9 Å². The molecular weight excluding hydrogens is 269 g/mol. The molecule has 0 fully saturated rings. The molecule has 0 radical (unpaired) electrons. The number of rotatable bonds is 3. The summed E-state index contributed by atoms with van der Waals surface area (Å²) in [6.07, 6.45) is -4.45. The number of para-hydroxylation sites is 1. The molecule has 0 saturated carbocycles. The number of alkyl halides is 3. The third-order valence-electron chi connectivity index (χ3n) is 2.98. The van der Waals surface area contributed by atoms with Gasteiger partial charge in [0.1, 0.15) is 0 Å². The summed E-state index contributed by atoms with van der Waals surface area (Å²) in [5.41, 5.74) is 0.217. The van der Waals surface area contributed by atoms with Crippen molar-refractivity contribution >= 4 is 0 Å². The summed E-state index contributed by atoms with van der Waals surface area (Å²) in [5.74, 6) is -0.0101. The van der Waals surface area contributed by atoms with E-state index in [1.807, 2.05) is 13.8 Å². The number of nitrogens with zero attached hydrogens (tertiary/aromatic N) is 2. The lowest BCUT2D eigenvalue weighted by Crippen LogP contribution is -2.13. The Morgan fingerprint density at radius 1 is 1.25 bits per heavy atom. The molecule has 0 spiro atoms. The van der Waals surface area contributed by atoms with Gasteiger partial charge in [-0.05, 0) is 24.1 Å². The first-order valence-corrected chi connectivity index (χ1v) is 6.21. The predicted octanol–water partition coefficient (Wildman–Crippen LogP) is 3.51. The van der Waals surface area contributed by atoms with Gasteiger partial charge in [-0.15, -0.1) is 0 Å². The zero-order chi connectivity index (χ0) is 14.9. The van der Waals surface area contributed by atoms with Crippen LogP contribution in [-0.4, -0.2) is 14.9 Å². The van der Waals surface area contributed by atoms with Gasteiger partial charge in [-0.2, -0.15) is 18.3 Å². The summed E-state index contributed by atoms with van der Waals surface area (Å²) in [7, 11) is 0. The fourth-order valence-corrected chi connectivity index (χ4v) is 2.03. The van der Waals surface area contributed by atoms with E-state index in [1.54, 1.807) is 6.07 Å². The Bertz CT molecular complexity index is 603. The minimum atomic E-state index is -4.45. The van der Waals surface area contributed by atoms with E-state index in [9.17, 15) is 13.2 Å². The molecular formula is C14H15F3N2O. The highest BCUT2D eigenvalue weighted by atomic mass is 19.4. The monoisotopic (exact) mass is 284 g/mol. The predicted molar refractivity (Wildman–Crippen MR) is 68.6 cm³/mol. The fraction of sp³-hybridized carbons (Fsp3) is 0.357. The van der Waals surface area contributed by atoms with E-state index in [0.717, 1.165) is 6.07 Å². The van der Waals surface area contributed by atoms with Crippen molar-refractivity contribution in [1.82, 2.24) is 9.78 Å². The molecule has 2 aromatic rings. The van der Waals surface area contributed by atoms with Crippen LogP contribution >= 0.6 is 0 Å². The number of aliphatic hydroxyl groups is 1. The molecule has 1 aromatic carbocycles. The van der Waals surface area contributed by atoms with Crippen LogP contribution in [0, 0.1) is 0 Å². The van der Waals surface area contributed by atoms with Gasteiger partial charge >= 0.3 is 6.18 Å². The number of benzene rings is 1. The van der Waals surface area contributed by atoms with Gasteiger partial charge in [0, 0.05) is 5.69 Å². The minimum Gasteiger partial charge on any atom is -0.390 e. The van der Waals surface area contributed by atoms with Crippen molar-refractivity contribution in [2.75, 3.05) is 0 Å². The first-order chi connectivity index (χ1) is 9.34. The van der Waals surface area contributed by atoms with Gasteiger partial charge in [0.15, 0.2) is 0 Å². The second-order valence-electron chi connectivity index (χ2n) is 4.80. The average molecular weight is 284 g/mol. The van der Waals surface area contributed by atoms with E-state index in [4.69, 9.17) is 5.11 Å². The summed E-state index contributed by atoms with van der Waals surface area (Å²) in [6, 6.07) is 6.91. The normalized spacial score (nSPS) is 12.2. The number of aromatic nitrogens is 2. The lowest BCUT2D eigenvalue weighted by atomic mass is 10.1. The number of halogens is 3. The molecule has 0 aliphatic heterocycles. The van der Waals surface area contributed by atoms with E-state index in [2.05, 4.69) is 5.10 Å². The molecule has 1 heterocycles. The first-order valence-electron chi connectivity index (χ1n) is 6.21. The summed E-state index contributed by atoms with van der Waals surface area (Å²) in [4.78, 5) is 0. The number of aliphatic hydroxyl groups excluding tert-OH is 1. The van der Waals surface area contributed by atoms with Crippen LogP contribution in [0.15, 0.2) is 30.3 Å². The van der Waals surface area contributed by atoms with Gasteiger partial charge in [0.25, 0.3) is 0 Å². The average Bonchev–Trinajstić information content (AvgIpc) is 2.82. The van der Waals surface area contributed by atoms with E-state index in [0.29, 0.717) is 11.4 Å². The molecule has 0 unspecified atom stereocenters. The summed E-state index contributed by atoms with van der Waals surface area (Å²) >= 11 is 0. The standard InChI is InChI=1S/C14H15F3N2O/c1-9(2)13-7-10(8-20)18-19(13)12-6-4-3-5-11(12)14(15,16)17/h3-7,9,20H,8H2,1-2H3. The van der Waals surface area contributed by atoms with Crippen molar-refractivity contribution in [3.05, 3.63) is 47.3 Å². The molecule has 3 nitrogen and oxygen atoms in total. The maximum Gasteiger partial charge on any atom is 0.418 e. The fourth-order valence-electron chi connectivity index (χ4n) is 2.03. The van der Waals surface area contributed by atoms with E-state index >= 15 is 0 Å². The van der Waals surface area contributed by atoms with Gasteiger partial charge < -0.3 is 5.11 Å². The lowest BCUT2D eigenvalue weighted by molar-refractivity contribution is -0.137. The van der Waals surface area contributed by atoms with Crippen molar-refractivity contribution in [3.63, 3.8) is 0 Å². The maximum absolute atomic E-state index is 13.1. The molecule has 6 heteroatoms. The smallest absolute Gasteiger partial charge is 0.390 e. The minimum absolute atomic E-state index is 0.0101. The zero-order valence-corrected chi connectivity index (χ0v) is 11.1. The van der Waals surface area contributed by atoms with Crippen LogP contribution in [0.25, 0.3) is 5.69 Å². The topological polar surface area (TPSA) is 38.1 Å². The van der Waals surface area contributed by atoms with E-state index in [-0.39, 0.29) is 18.2 Å². The van der Waals surface area contributed by atoms with Crippen LogP contribution in [0.2, 0.25) is 0 Å². The highest BCUT2D eigenvalue weighted by Gasteiger charge is 2.34. The second kappa shape index (κ2) is 5.28. The lowest BCUT2D eigenvalue weighted by Gasteiger charge is -2.15. The molecule has 0 saturated heterocycles. The Balaban J connectivity index is 2.66. The molecule has 20 heavy (non-hydrogen) atoms.